The Morgan fingerprint density at radius 2 is 1.86 bits per heavy atom. The average molecular weight is 500 g/mol. The second-order valence-electron chi connectivity index (χ2n) is 8.59. The molecular formula is C25H30ClN5O4. The van der Waals surface area contributed by atoms with Crippen molar-refractivity contribution in [2.24, 2.45) is 0 Å². The van der Waals surface area contributed by atoms with E-state index in [2.05, 4.69) is 20.4 Å². The van der Waals surface area contributed by atoms with E-state index in [1.165, 1.54) is 4.90 Å². The van der Waals surface area contributed by atoms with Gasteiger partial charge in [-0.25, -0.2) is 0 Å². The Hall–Kier alpha value is -3.30. The molecule has 0 spiro atoms. The van der Waals surface area contributed by atoms with E-state index in [0.717, 1.165) is 37.6 Å². The van der Waals surface area contributed by atoms with Gasteiger partial charge in [-0.3, -0.25) is 19.3 Å². The first-order chi connectivity index (χ1) is 16.9. The average Bonchev–Trinajstić information content (AvgIpc) is 2.87. The monoisotopic (exact) mass is 499 g/mol. The smallest absolute Gasteiger partial charge is 0.243 e. The third-order valence-corrected chi connectivity index (χ3v) is 6.66. The van der Waals surface area contributed by atoms with Gasteiger partial charge in [0.25, 0.3) is 0 Å². The van der Waals surface area contributed by atoms with Crippen molar-refractivity contribution in [1.29, 1.82) is 0 Å². The van der Waals surface area contributed by atoms with Crippen LogP contribution in [0.4, 0.5) is 11.4 Å². The number of ether oxygens (including phenoxy) is 1. The number of anilines is 2. The fourth-order valence-corrected chi connectivity index (χ4v) is 4.59. The quantitative estimate of drug-likeness (QED) is 0.603. The highest BCUT2D eigenvalue weighted by Gasteiger charge is 2.35. The van der Waals surface area contributed by atoms with Crippen LogP contribution >= 0.6 is 11.6 Å². The van der Waals surface area contributed by atoms with Gasteiger partial charge in [-0.1, -0.05) is 29.8 Å². The lowest BCUT2D eigenvalue weighted by atomic mass is 10.1. The lowest BCUT2D eigenvalue weighted by Gasteiger charge is -2.39. The van der Waals surface area contributed by atoms with Gasteiger partial charge in [0.2, 0.25) is 17.7 Å². The molecule has 0 aliphatic carbocycles. The molecule has 2 aliphatic rings. The van der Waals surface area contributed by atoms with Crippen molar-refractivity contribution in [3.63, 3.8) is 0 Å². The number of para-hydroxylation sites is 1. The van der Waals surface area contributed by atoms with Crippen molar-refractivity contribution in [1.82, 2.24) is 15.1 Å². The molecule has 2 aromatic rings. The van der Waals surface area contributed by atoms with Crippen molar-refractivity contribution >= 4 is 40.7 Å². The molecule has 2 saturated heterocycles. The minimum Gasteiger partial charge on any atom is -0.497 e. The first-order valence-electron chi connectivity index (χ1n) is 11.7. The normalized spacial score (nSPS) is 18.7. The van der Waals surface area contributed by atoms with Crippen LogP contribution in [0, 0.1) is 0 Å². The number of amides is 3. The van der Waals surface area contributed by atoms with Gasteiger partial charge in [-0.05, 0) is 24.3 Å². The molecule has 35 heavy (non-hydrogen) atoms. The van der Waals surface area contributed by atoms with Gasteiger partial charge in [0.1, 0.15) is 11.8 Å². The van der Waals surface area contributed by atoms with Crippen molar-refractivity contribution < 1.29 is 19.1 Å². The van der Waals surface area contributed by atoms with Crippen LogP contribution < -0.4 is 20.3 Å². The highest BCUT2D eigenvalue weighted by atomic mass is 35.5. The highest BCUT2D eigenvalue weighted by molar-refractivity contribution is 6.33. The third kappa shape index (κ3) is 6.23. The molecule has 2 N–H and O–H groups in total. The van der Waals surface area contributed by atoms with Crippen LogP contribution in [0.25, 0.3) is 0 Å². The van der Waals surface area contributed by atoms with Gasteiger partial charge in [-0.2, -0.15) is 0 Å². The summed E-state index contributed by atoms with van der Waals surface area (Å²) in [6.07, 6.45) is -0.133. The summed E-state index contributed by atoms with van der Waals surface area (Å²) in [5, 5.41) is 5.91. The molecule has 0 aromatic heterocycles. The number of hydrogen-bond acceptors (Lipinski definition) is 6. The molecule has 3 amide bonds. The fraction of sp³-hybridized carbons (Fsp3) is 0.400. The standard InChI is InChI=1S/C25H30ClN5O4/c1-35-19-6-4-5-18(15-19)30-13-11-29(12-14-30)17-24(33)31-10-9-27-25(34)22(31)16-23(32)28-21-8-3-2-7-20(21)26/h2-8,15,22H,9-14,16-17H2,1H3,(H,27,34)(H,28,32). The van der Waals surface area contributed by atoms with E-state index >= 15 is 0 Å². The number of halogens is 1. The number of methoxy groups -OCH3 is 1. The summed E-state index contributed by atoms with van der Waals surface area (Å²) in [5.41, 5.74) is 1.56. The Morgan fingerprint density at radius 1 is 1.09 bits per heavy atom. The van der Waals surface area contributed by atoms with E-state index in [4.69, 9.17) is 16.3 Å². The van der Waals surface area contributed by atoms with Crippen LogP contribution in [0.1, 0.15) is 6.42 Å². The summed E-state index contributed by atoms with van der Waals surface area (Å²) >= 11 is 6.12. The molecule has 9 nitrogen and oxygen atoms in total. The molecule has 4 rings (SSSR count). The van der Waals surface area contributed by atoms with Gasteiger partial charge in [0.05, 0.1) is 30.8 Å². The predicted molar refractivity (Wildman–Crippen MR) is 135 cm³/mol. The first-order valence-corrected chi connectivity index (χ1v) is 12.1. The molecule has 2 heterocycles. The number of piperazine rings is 2. The van der Waals surface area contributed by atoms with Crippen LogP contribution in [0.2, 0.25) is 5.02 Å². The summed E-state index contributed by atoms with van der Waals surface area (Å²) in [6, 6.07) is 14.0. The molecule has 0 radical (unpaired) electrons. The third-order valence-electron chi connectivity index (χ3n) is 6.33. The summed E-state index contributed by atoms with van der Waals surface area (Å²) in [6.45, 7) is 3.97. The Morgan fingerprint density at radius 3 is 2.60 bits per heavy atom. The number of hydrogen-bond donors (Lipinski definition) is 2. The Kier molecular flexibility index (Phi) is 8.09. The predicted octanol–water partition coefficient (Wildman–Crippen LogP) is 1.83. The second kappa shape index (κ2) is 11.4. The minimum absolute atomic E-state index is 0.133. The van der Waals surface area contributed by atoms with Crippen molar-refractivity contribution in [2.45, 2.75) is 12.5 Å². The van der Waals surface area contributed by atoms with Crippen LogP contribution in [0.3, 0.4) is 0 Å². The second-order valence-corrected chi connectivity index (χ2v) is 9.00. The SMILES string of the molecule is COc1cccc(N2CCN(CC(=O)N3CCNC(=O)C3CC(=O)Nc3ccccc3Cl)CC2)c1. The van der Waals surface area contributed by atoms with Crippen molar-refractivity contribution in [3.05, 3.63) is 53.6 Å². The molecule has 186 valence electrons. The highest BCUT2D eigenvalue weighted by Crippen LogP contribution is 2.23. The summed E-state index contributed by atoms with van der Waals surface area (Å²) < 4.78 is 5.32. The van der Waals surface area contributed by atoms with Crippen molar-refractivity contribution in [2.75, 3.05) is 63.1 Å². The van der Waals surface area contributed by atoms with Crippen LogP contribution in [-0.4, -0.2) is 86.5 Å². The first kappa shape index (κ1) is 24.8. The Bertz CT molecular complexity index is 1070. The zero-order valence-corrected chi connectivity index (χ0v) is 20.5. The van der Waals surface area contributed by atoms with Gasteiger partial charge < -0.3 is 25.2 Å². The topological polar surface area (TPSA) is 94.2 Å². The lowest BCUT2D eigenvalue weighted by molar-refractivity contribution is -0.145. The van der Waals surface area contributed by atoms with Crippen molar-refractivity contribution in [3.8, 4) is 5.75 Å². The fourth-order valence-electron chi connectivity index (χ4n) is 4.41. The Balaban J connectivity index is 1.33. The van der Waals surface area contributed by atoms with E-state index in [0.29, 0.717) is 23.8 Å². The van der Waals surface area contributed by atoms with E-state index in [-0.39, 0.29) is 30.7 Å². The van der Waals surface area contributed by atoms with Gasteiger partial charge in [0.15, 0.2) is 0 Å². The minimum atomic E-state index is -0.850. The molecule has 2 fully saturated rings. The molecule has 1 unspecified atom stereocenters. The lowest BCUT2D eigenvalue weighted by Crippen LogP contribution is -2.60. The maximum absolute atomic E-state index is 13.2. The summed E-state index contributed by atoms with van der Waals surface area (Å²) in [5.74, 6) is -0.0232. The van der Waals surface area contributed by atoms with Crippen LogP contribution in [0.15, 0.2) is 48.5 Å². The van der Waals surface area contributed by atoms with E-state index in [9.17, 15) is 14.4 Å². The van der Waals surface area contributed by atoms with E-state index in [1.807, 2.05) is 24.3 Å². The Labute approximate surface area is 210 Å². The molecule has 1 atom stereocenters. The van der Waals surface area contributed by atoms with E-state index < -0.39 is 6.04 Å². The number of nitrogens with one attached hydrogen (secondary N) is 2. The summed E-state index contributed by atoms with van der Waals surface area (Å²) in [7, 11) is 1.65. The number of benzene rings is 2. The number of carbonyl (C=O) groups excluding carboxylic acids is 3. The zero-order chi connectivity index (χ0) is 24.8. The molecular weight excluding hydrogens is 470 g/mol. The number of rotatable bonds is 7. The molecule has 2 aliphatic heterocycles. The van der Waals surface area contributed by atoms with Crippen LogP contribution in [0.5, 0.6) is 5.75 Å². The molecule has 0 saturated carbocycles. The largest absolute Gasteiger partial charge is 0.497 e. The maximum atomic E-state index is 13.2. The van der Waals surface area contributed by atoms with Gasteiger partial charge in [-0.15, -0.1) is 0 Å². The maximum Gasteiger partial charge on any atom is 0.243 e. The van der Waals surface area contributed by atoms with Gasteiger partial charge in [0, 0.05) is 51.0 Å². The zero-order valence-electron chi connectivity index (χ0n) is 19.7. The molecule has 0 bridgehead atoms. The van der Waals surface area contributed by atoms with Crippen LogP contribution in [-0.2, 0) is 14.4 Å². The van der Waals surface area contributed by atoms with E-state index in [1.54, 1.807) is 31.4 Å². The van der Waals surface area contributed by atoms with Gasteiger partial charge >= 0.3 is 0 Å². The summed E-state index contributed by atoms with van der Waals surface area (Å²) in [4.78, 5) is 44.3. The molecule has 10 heteroatoms. The molecule has 2 aromatic carbocycles. The number of nitrogens with zero attached hydrogens (tertiary/aromatic N) is 3. The number of carbonyl (C=O) groups is 3.